The van der Waals surface area contributed by atoms with Crippen LogP contribution in [0.25, 0.3) is 0 Å². The summed E-state index contributed by atoms with van der Waals surface area (Å²) in [5.74, 6) is -0.274. The van der Waals surface area contributed by atoms with Crippen molar-refractivity contribution in [3.05, 3.63) is 35.6 Å². The highest BCUT2D eigenvalue weighted by molar-refractivity contribution is 5.26. The molecule has 1 heterocycles. The van der Waals surface area contributed by atoms with E-state index in [1.54, 1.807) is 18.2 Å². The van der Waals surface area contributed by atoms with Crippen LogP contribution in [0.2, 0.25) is 0 Å². The van der Waals surface area contributed by atoms with Gasteiger partial charge in [0.05, 0.1) is 6.07 Å². The summed E-state index contributed by atoms with van der Waals surface area (Å²) >= 11 is 0. The Hall–Kier alpha value is -1.40. The summed E-state index contributed by atoms with van der Waals surface area (Å²) < 4.78 is 13.8. The van der Waals surface area contributed by atoms with Crippen LogP contribution in [0, 0.1) is 17.1 Å². The molecule has 2 atom stereocenters. The topological polar surface area (TPSA) is 27.0 Å². The predicted molar refractivity (Wildman–Crippen MR) is 69.4 cm³/mol. The molecule has 2 rings (SSSR count). The maximum atomic E-state index is 13.8. The molecule has 1 saturated heterocycles. The highest BCUT2D eigenvalue weighted by atomic mass is 19.1. The van der Waals surface area contributed by atoms with E-state index < -0.39 is 6.04 Å². The Labute approximate surface area is 108 Å². The second-order valence-corrected chi connectivity index (χ2v) is 4.85. The summed E-state index contributed by atoms with van der Waals surface area (Å²) in [5, 5.41) is 9.41. The summed E-state index contributed by atoms with van der Waals surface area (Å²) in [4.78, 5) is 2.17. The molecule has 0 aromatic heterocycles. The van der Waals surface area contributed by atoms with Crippen molar-refractivity contribution in [2.75, 3.05) is 6.54 Å². The van der Waals surface area contributed by atoms with E-state index in [2.05, 4.69) is 17.9 Å². The number of piperidine rings is 1. The molecule has 0 saturated carbocycles. The van der Waals surface area contributed by atoms with Gasteiger partial charge in [-0.1, -0.05) is 31.5 Å². The molecular weight excluding hydrogens is 227 g/mol. The lowest BCUT2D eigenvalue weighted by Gasteiger charge is -2.38. The SMILES string of the molecule is CCC1CCCCN1C(C#N)c1ccccc1F. The van der Waals surface area contributed by atoms with Gasteiger partial charge in [0.15, 0.2) is 0 Å². The van der Waals surface area contributed by atoms with E-state index in [4.69, 9.17) is 0 Å². The Balaban J connectivity index is 2.28. The quantitative estimate of drug-likeness (QED) is 0.814. The van der Waals surface area contributed by atoms with E-state index in [0.29, 0.717) is 11.6 Å². The van der Waals surface area contributed by atoms with Gasteiger partial charge >= 0.3 is 0 Å². The van der Waals surface area contributed by atoms with E-state index in [0.717, 1.165) is 25.8 Å². The molecule has 1 aliphatic heterocycles. The first kappa shape index (κ1) is 13.0. The van der Waals surface area contributed by atoms with Gasteiger partial charge in [0.25, 0.3) is 0 Å². The second-order valence-electron chi connectivity index (χ2n) is 4.85. The van der Waals surface area contributed by atoms with Gasteiger partial charge < -0.3 is 0 Å². The van der Waals surface area contributed by atoms with E-state index in [1.807, 2.05) is 0 Å². The van der Waals surface area contributed by atoms with Crippen molar-refractivity contribution in [3.8, 4) is 6.07 Å². The van der Waals surface area contributed by atoms with E-state index in [1.165, 1.54) is 12.5 Å². The molecule has 1 aromatic carbocycles. The molecule has 0 aliphatic carbocycles. The van der Waals surface area contributed by atoms with Gasteiger partial charge in [0.1, 0.15) is 11.9 Å². The normalized spacial score (nSPS) is 22.4. The smallest absolute Gasteiger partial charge is 0.129 e. The average molecular weight is 246 g/mol. The van der Waals surface area contributed by atoms with Gasteiger partial charge in [-0.05, 0) is 25.3 Å². The van der Waals surface area contributed by atoms with Crippen molar-refractivity contribution in [1.29, 1.82) is 5.26 Å². The first-order chi connectivity index (χ1) is 8.77. The van der Waals surface area contributed by atoms with Crippen LogP contribution in [0.3, 0.4) is 0 Å². The number of rotatable bonds is 3. The average Bonchev–Trinajstić information content (AvgIpc) is 2.42. The van der Waals surface area contributed by atoms with E-state index in [9.17, 15) is 9.65 Å². The Bertz CT molecular complexity index is 438. The zero-order valence-electron chi connectivity index (χ0n) is 10.8. The number of nitriles is 1. The molecule has 0 N–H and O–H groups in total. The number of likely N-dealkylation sites (tertiary alicyclic amines) is 1. The fourth-order valence-corrected chi connectivity index (χ4v) is 2.82. The molecule has 0 bridgehead atoms. The van der Waals surface area contributed by atoms with Gasteiger partial charge in [0, 0.05) is 18.2 Å². The van der Waals surface area contributed by atoms with Crippen LogP contribution in [0.5, 0.6) is 0 Å². The minimum Gasteiger partial charge on any atom is -0.281 e. The number of nitrogens with zero attached hydrogens (tertiary/aromatic N) is 2. The molecule has 2 unspecified atom stereocenters. The van der Waals surface area contributed by atoms with Gasteiger partial charge in [-0.3, -0.25) is 4.90 Å². The van der Waals surface area contributed by atoms with E-state index >= 15 is 0 Å². The molecular formula is C15H19FN2. The minimum absolute atomic E-state index is 0.274. The van der Waals surface area contributed by atoms with Crippen molar-refractivity contribution in [2.24, 2.45) is 0 Å². The standard InChI is InChI=1S/C15H19FN2/c1-2-12-7-5-6-10-18(12)15(11-17)13-8-3-4-9-14(13)16/h3-4,8-9,12,15H,2,5-7,10H2,1H3. The summed E-state index contributed by atoms with van der Waals surface area (Å²) in [7, 11) is 0. The van der Waals surface area contributed by atoms with Crippen molar-refractivity contribution >= 4 is 0 Å². The molecule has 96 valence electrons. The molecule has 1 aliphatic rings. The van der Waals surface area contributed by atoms with Crippen LogP contribution in [0.1, 0.15) is 44.2 Å². The molecule has 2 nitrogen and oxygen atoms in total. The van der Waals surface area contributed by atoms with Crippen LogP contribution < -0.4 is 0 Å². The van der Waals surface area contributed by atoms with Gasteiger partial charge in [0.2, 0.25) is 0 Å². The van der Waals surface area contributed by atoms with Gasteiger partial charge in [-0.25, -0.2) is 4.39 Å². The largest absolute Gasteiger partial charge is 0.281 e. The number of hydrogen-bond acceptors (Lipinski definition) is 2. The van der Waals surface area contributed by atoms with Crippen LogP contribution in [0.4, 0.5) is 4.39 Å². The van der Waals surface area contributed by atoms with Gasteiger partial charge in [-0.15, -0.1) is 0 Å². The molecule has 0 amide bonds. The zero-order chi connectivity index (χ0) is 13.0. The monoisotopic (exact) mass is 246 g/mol. The maximum Gasteiger partial charge on any atom is 0.129 e. The third-order valence-electron chi connectivity index (χ3n) is 3.80. The molecule has 1 fully saturated rings. The van der Waals surface area contributed by atoms with Crippen molar-refractivity contribution in [3.63, 3.8) is 0 Å². The second kappa shape index (κ2) is 5.97. The lowest BCUT2D eigenvalue weighted by atomic mass is 9.95. The predicted octanol–water partition coefficient (Wildman–Crippen LogP) is 3.65. The van der Waals surface area contributed by atoms with Crippen LogP contribution in [-0.4, -0.2) is 17.5 Å². The summed E-state index contributed by atoms with van der Waals surface area (Å²) in [6, 6.07) is 8.87. The zero-order valence-corrected chi connectivity index (χ0v) is 10.8. The fraction of sp³-hybridized carbons (Fsp3) is 0.533. The molecule has 3 heteroatoms. The summed E-state index contributed by atoms with van der Waals surface area (Å²) in [6.45, 7) is 3.03. The highest BCUT2D eigenvalue weighted by Gasteiger charge is 2.30. The first-order valence-corrected chi connectivity index (χ1v) is 6.67. The summed E-state index contributed by atoms with van der Waals surface area (Å²) in [5.41, 5.74) is 0.514. The Morgan fingerprint density at radius 3 is 2.89 bits per heavy atom. The van der Waals surface area contributed by atoms with Crippen molar-refractivity contribution in [2.45, 2.75) is 44.7 Å². The Kier molecular flexibility index (Phi) is 4.33. The van der Waals surface area contributed by atoms with Crippen LogP contribution in [-0.2, 0) is 0 Å². The number of halogens is 1. The minimum atomic E-state index is -0.448. The highest BCUT2D eigenvalue weighted by Crippen LogP contribution is 2.30. The van der Waals surface area contributed by atoms with Gasteiger partial charge in [-0.2, -0.15) is 5.26 Å². The Morgan fingerprint density at radius 2 is 2.22 bits per heavy atom. The molecule has 1 aromatic rings. The lowest BCUT2D eigenvalue weighted by molar-refractivity contribution is 0.115. The van der Waals surface area contributed by atoms with Crippen LogP contribution in [0.15, 0.2) is 24.3 Å². The van der Waals surface area contributed by atoms with E-state index in [-0.39, 0.29) is 5.82 Å². The molecule has 0 spiro atoms. The third-order valence-corrected chi connectivity index (χ3v) is 3.80. The third kappa shape index (κ3) is 2.54. The Morgan fingerprint density at radius 1 is 1.44 bits per heavy atom. The number of hydrogen-bond donors (Lipinski definition) is 0. The maximum absolute atomic E-state index is 13.8. The molecule has 18 heavy (non-hydrogen) atoms. The fourth-order valence-electron chi connectivity index (χ4n) is 2.82. The lowest BCUT2D eigenvalue weighted by Crippen LogP contribution is -2.41. The summed E-state index contributed by atoms with van der Waals surface area (Å²) in [6.07, 6.45) is 4.45. The first-order valence-electron chi connectivity index (χ1n) is 6.67. The van der Waals surface area contributed by atoms with Crippen molar-refractivity contribution < 1.29 is 4.39 Å². The number of benzene rings is 1. The van der Waals surface area contributed by atoms with Crippen molar-refractivity contribution in [1.82, 2.24) is 4.90 Å². The van der Waals surface area contributed by atoms with Crippen LogP contribution >= 0.6 is 0 Å². The molecule has 0 radical (unpaired) electrons.